The zero-order valence-corrected chi connectivity index (χ0v) is 13.4. The second-order valence-corrected chi connectivity index (χ2v) is 7.14. The zero-order chi connectivity index (χ0) is 14.8. The molecule has 5 heteroatoms. The van der Waals surface area contributed by atoms with E-state index in [-0.39, 0.29) is 0 Å². The van der Waals surface area contributed by atoms with Gasteiger partial charge in [0.05, 0.1) is 6.04 Å². The molecule has 4 rings (SSSR count). The molecule has 0 spiro atoms. The van der Waals surface area contributed by atoms with Crippen LogP contribution in [-0.2, 0) is 0 Å². The fraction of sp³-hybridized carbons (Fsp3) is 0.765. The van der Waals surface area contributed by atoms with E-state index >= 15 is 0 Å². The second-order valence-electron chi connectivity index (χ2n) is 7.14. The van der Waals surface area contributed by atoms with E-state index in [4.69, 9.17) is 4.98 Å². The molecule has 22 heavy (non-hydrogen) atoms. The number of nitrogens with zero attached hydrogens (tertiary/aromatic N) is 4. The molecule has 3 aliphatic rings. The highest BCUT2D eigenvalue weighted by Crippen LogP contribution is 2.31. The van der Waals surface area contributed by atoms with Crippen molar-refractivity contribution >= 4 is 11.8 Å². The lowest BCUT2D eigenvalue weighted by Gasteiger charge is -2.39. The van der Waals surface area contributed by atoms with Crippen molar-refractivity contribution in [1.29, 1.82) is 0 Å². The van der Waals surface area contributed by atoms with Gasteiger partial charge in [-0.3, -0.25) is 4.90 Å². The molecule has 120 valence electrons. The molecule has 0 amide bonds. The second kappa shape index (κ2) is 6.41. The summed E-state index contributed by atoms with van der Waals surface area (Å²) < 4.78 is 0. The van der Waals surface area contributed by atoms with Gasteiger partial charge < -0.3 is 10.2 Å². The van der Waals surface area contributed by atoms with Gasteiger partial charge in [-0.1, -0.05) is 12.8 Å². The predicted molar refractivity (Wildman–Crippen MR) is 89.3 cm³/mol. The maximum atomic E-state index is 4.74. The van der Waals surface area contributed by atoms with Gasteiger partial charge in [-0.15, -0.1) is 0 Å². The Hall–Kier alpha value is -1.36. The molecule has 0 aromatic carbocycles. The van der Waals surface area contributed by atoms with E-state index in [1.807, 2.05) is 6.20 Å². The summed E-state index contributed by atoms with van der Waals surface area (Å²) in [4.78, 5) is 14.1. The van der Waals surface area contributed by atoms with Crippen LogP contribution < -0.4 is 10.2 Å². The molecule has 2 saturated heterocycles. The molecule has 0 unspecified atom stereocenters. The van der Waals surface area contributed by atoms with Crippen molar-refractivity contribution in [2.24, 2.45) is 5.92 Å². The summed E-state index contributed by atoms with van der Waals surface area (Å²) in [6, 6.07) is 2.58. The van der Waals surface area contributed by atoms with Gasteiger partial charge in [0.25, 0.3) is 0 Å². The first-order valence-electron chi connectivity index (χ1n) is 8.94. The van der Waals surface area contributed by atoms with Crippen LogP contribution in [0.5, 0.6) is 0 Å². The summed E-state index contributed by atoms with van der Waals surface area (Å²) in [6.45, 7) is 5.86. The van der Waals surface area contributed by atoms with E-state index in [0.717, 1.165) is 43.9 Å². The lowest BCUT2D eigenvalue weighted by molar-refractivity contribution is 0.154. The van der Waals surface area contributed by atoms with E-state index in [9.17, 15) is 0 Å². The molecule has 5 nitrogen and oxygen atoms in total. The quantitative estimate of drug-likeness (QED) is 0.904. The summed E-state index contributed by atoms with van der Waals surface area (Å²) in [5.41, 5.74) is 0. The molecule has 2 aliphatic heterocycles. The van der Waals surface area contributed by atoms with Crippen molar-refractivity contribution in [2.75, 3.05) is 42.9 Å². The maximum Gasteiger partial charge on any atom is 0.224 e. The Kier molecular flexibility index (Phi) is 4.15. The Bertz CT molecular complexity index is 488. The average molecular weight is 301 g/mol. The van der Waals surface area contributed by atoms with Gasteiger partial charge in [-0.25, -0.2) is 4.98 Å². The van der Waals surface area contributed by atoms with Crippen LogP contribution in [-0.4, -0.2) is 53.6 Å². The smallest absolute Gasteiger partial charge is 0.224 e. The molecule has 1 aromatic heterocycles. The zero-order valence-electron chi connectivity index (χ0n) is 13.4. The molecule has 3 heterocycles. The van der Waals surface area contributed by atoms with Crippen LogP contribution in [0.3, 0.4) is 0 Å². The molecule has 1 saturated carbocycles. The number of nitrogens with one attached hydrogen (secondary N) is 1. The number of aromatic nitrogens is 2. The Morgan fingerprint density at radius 3 is 2.59 bits per heavy atom. The lowest BCUT2D eigenvalue weighted by Crippen LogP contribution is -2.55. The number of likely N-dealkylation sites (tertiary alicyclic amines) is 1. The van der Waals surface area contributed by atoms with E-state index in [0.29, 0.717) is 6.04 Å². The first kappa shape index (κ1) is 14.2. The van der Waals surface area contributed by atoms with Gasteiger partial charge in [0.15, 0.2) is 0 Å². The summed E-state index contributed by atoms with van der Waals surface area (Å²) in [6.07, 6.45) is 10.1. The van der Waals surface area contributed by atoms with Crippen molar-refractivity contribution in [2.45, 2.75) is 44.6 Å². The minimum Gasteiger partial charge on any atom is -0.356 e. The maximum absolute atomic E-state index is 4.74. The van der Waals surface area contributed by atoms with Crippen LogP contribution >= 0.6 is 0 Å². The van der Waals surface area contributed by atoms with Gasteiger partial charge in [0.2, 0.25) is 5.95 Å². The van der Waals surface area contributed by atoms with E-state index in [1.165, 1.54) is 45.1 Å². The molecule has 0 atom stereocenters. The van der Waals surface area contributed by atoms with Crippen LogP contribution in [0.25, 0.3) is 0 Å². The number of rotatable bonds is 5. The normalized spacial score (nSPS) is 23.9. The third-order valence-electron chi connectivity index (χ3n) is 5.07. The van der Waals surface area contributed by atoms with Crippen LogP contribution in [0.4, 0.5) is 11.8 Å². The summed E-state index contributed by atoms with van der Waals surface area (Å²) >= 11 is 0. The van der Waals surface area contributed by atoms with Crippen LogP contribution in [0.15, 0.2) is 12.3 Å². The van der Waals surface area contributed by atoms with E-state index < -0.39 is 0 Å². The van der Waals surface area contributed by atoms with Gasteiger partial charge in [-0.05, 0) is 37.7 Å². The summed E-state index contributed by atoms with van der Waals surface area (Å²) in [5.74, 6) is 2.88. The Labute approximate surface area is 133 Å². The van der Waals surface area contributed by atoms with Gasteiger partial charge in [0.1, 0.15) is 5.82 Å². The van der Waals surface area contributed by atoms with Crippen molar-refractivity contribution in [1.82, 2.24) is 14.9 Å². The lowest BCUT2D eigenvalue weighted by atomic mass is 10.1. The Morgan fingerprint density at radius 2 is 1.86 bits per heavy atom. The van der Waals surface area contributed by atoms with Crippen molar-refractivity contribution in [3.63, 3.8) is 0 Å². The topological polar surface area (TPSA) is 44.3 Å². The van der Waals surface area contributed by atoms with E-state index in [2.05, 4.69) is 26.2 Å². The van der Waals surface area contributed by atoms with Crippen LogP contribution in [0, 0.1) is 5.92 Å². The number of anilines is 2. The molecule has 0 radical (unpaired) electrons. The van der Waals surface area contributed by atoms with Gasteiger partial charge in [0, 0.05) is 38.9 Å². The van der Waals surface area contributed by atoms with Crippen molar-refractivity contribution in [3.8, 4) is 0 Å². The molecular weight excluding hydrogens is 274 g/mol. The standard InChI is InChI=1S/C17H27N5/c1-2-4-10-22(9-3-1)16-7-8-18-17(20-16)19-15-12-21(13-15)11-14-5-6-14/h7-8,14-15H,1-6,9-13H2,(H,18,19,20). The van der Waals surface area contributed by atoms with E-state index in [1.54, 1.807) is 0 Å². The fourth-order valence-electron chi connectivity index (χ4n) is 3.55. The summed E-state index contributed by atoms with van der Waals surface area (Å²) in [7, 11) is 0. The Morgan fingerprint density at radius 1 is 1.09 bits per heavy atom. The first-order chi connectivity index (χ1) is 10.9. The van der Waals surface area contributed by atoms with Crippen LogP contribution in [0.1, 0.15) is 38.5 Å². The van der Waals surface area contributed by atoms with Gasteiger partial charge >= 0.3 is 0 Å². The first-order valence-corrected chi connectivity index (χ1v) is 8.94. The average Bonchev–Trinajstić information content (AvgIpc) is 3.32. The monoisotopic (exact) mass is 301 g/mol. The highest BCUT2D eigenvalue weighted by atomic mass is 15.3. The van der Waals surface area contributed by atoms with Crippen molar-refractivity contribution < 1.29 is 0 Å². The minimum absolute atomic E-state index is 0.526. The molecule has 3 fully saturated rings. The highest BCUT2D eigenvalue weighted by molar-refractivity contribution is 5.43. The SMILES string of the molecule is c1cc(N2CCCCCC2)nc(NC2CN(CC3CC3)C2)n1. The van der Waals surface area contributed by atoms with Gasteiger partial charge in [-0.2, -0.15) is 4.98 Å². The van der Waals surface area contributed by atoms with Crippen molar-refractivity contribution in [3.05, 3.63) is 12.3 Å². The predicted octanol–water partition coefficient (Wildman–Crippen LogP) is 2.36. The number of hydrogen-bond donors (Lipinski definition) is 1. The molecule has 1 N–H and O–H groups in total. The molecule has 0 bridgehead atoms. The number of hydrogen-bond acceptors (Lipinski definition) is 5. The fourth-order valence-corrected chi connectivity index (χ4v) is 3.55. The minimum atomic E-state index is 0.526. The largest absolute Gasteiger partial charge is 0.356 e. The molecular formula is C17H27N5. The Balaban J connectivity index is 1.31. The summed E-state index contributed by atoms with van der Waals surface area (Å²) in [5, 5.41) is 3.51. The third-order valence-corrected chi connectivity index (χ3v) is 5.07. The third kappa shape index (κ3) is 3.51. The molecule has 1 aromatic rings. The highest BCUT2D eigenvalue weighted by Gasteiger charge is 2.32. The van der Waals surface area contributed by atoms with Crippen LogP contribution in [0.2, 0.25) is 0 Å². The molecule has 1 aliphatic carbocycles.